The molecule has 8 nitrogen and oxygen atoms in total. The van der Waals surface area contributed by atoms with Crippen LogP contribution in [0.3, 0.4) is 0 Å². The summed E-state index contributed by atoms with van der Waals surface area (Å²) in [5.74, 6) is -0.229. The molecule has 0 fully saturated rings. The SMILES string of the molecule is COc1ccc([C@H](Nc2cccc([N+](=O)[O-])c2)P(=O)(OC(C)C)OC(C)C)cc1. The first-order valence-corrected chi connectivity index (χ1v) is 10.9. The van der Waals surface area contributed by atoms with Gasteiger partial charge >= 0.3 is 7.60 Å². The third-order valence-electron chi connectivity index (χ3n) is 3.82. The van der Waals surface area contributed by atoms with Crippen molar-refractivity contribution in [3.8, 4) is 5.75 Å². The molecule has 0 unspecified atom stereocenters. The van der Waals surface area contributed by atoms with E-state index in [1.807, 2.05) is 0 Å². The molecule has 0 heterocycles. The van der Waals surface area contributed by atoms with Gasteiger partial charge in [0, 0.05) is 17.8 Å². The zero-order chi connectivity index (χ0) is 21.6. The average Bonchev–Trinajstić information content (AvgIpc) is 2.65. The van der Waals surface area contributed by atoms with E-state index >= 15 is 0 Å². The Bertz CT molecular complexity index is 856. The standard InChI is InChI=1S/C20H27N2O6P/c1-14(2)27-29(25,28-15(3)4)20(16-9-11-19(26-5)12-10-16)21-17-7-6-8-18(13-17)22(23)24/h6-15,20-21H,1-5H3/t20-/m1/s1. The van der Waals surface area contributed by atoms with Crippen LogP contribution in [-0.4, -0.2) is 24.2 Å². The summed E-state index contributed by atoms with van der Waals surface area (Å²) >= 11 is 0. The molecule has 1 atom stereocenters. The van der Waals surface area contributed by atoms with Crippen molar-refractivity contribution < 1.29 is 23.3 Å². The highest BCUT2D eigenvalue weighted by Gasteiger charge is 2.39. The fourth-order valence-corrected chi connectivity index (χ4v) is 5.05. The van der Waals surface area contributed by atoms with Gasteiger partial charge in [-0.15, -0.1) is 0 Å². The maximum Gasteiger partial charge on any atom is 0.357 e. The van der Waals surface area contributed by atoms with Crippen LogP contribution in [0.4, 0.5) is 11.4 Å². The number of methoxy groups -OCH3 is 1. The van der Waals surface area contributed by atoms with Crippen LogP contribution < -0.4 is 10.1 Å². The number of anilines is 1. The third-order valence-corrected chi connectivity index (χ3v) is 6.31. The summed E-state index contributed by atoms with van der Waals surface area (Å²) in [7, 11) is -2.16. The molecule has 158 valence electrons. The van der Waals surface area contributed by atoms with Gasteiger partial charge in [-0.25, -0.2) is 0 Å². The minimum absolute atomic E-state index is 0.0760. The van der Waals surface area contributed by atoms with E-state index in [1.165, 1.54) is 12.1 Å². The molecule has 2 rings (SSSR count). The monoisotopic (exact) mass is 422 g/mol. The van der Waals surface area contributed by atoms with Gasteiger partial charge in [0.05, 0.1) is 24.2 Å². The molecule has 0 aliphatic heterocycles. The molecule has 2 aromatic carbocycles. The number of nitrogens with one attached hydrogen (secondary N) is 1. The summed E-state index contributed by atoms with van der Waals surface area (Å²) in [6.07, 6.45) is -0.709. The molecular formula is C20H27N2O6P. The number of nitro benzene ring substituents is 1. The van der Waals surface area contributed by atoms with E-state index in [4.69, 9.17) is 13.8 Å². The second-order valence-corrected chi connectivity index (χ2v) is 8.99. The summed E-state index contributed by atoms with van der Waals surface area (Å²) in [6, 6.07) is 13.0. The van der Waals surface area contributed by atoms with Gasteiger partial charge in [0.1, 0.15) is 5.75 Å². The molecule has 29 heavy (non-hydrogen) atoms. The lowest BCUT2D eigenvalue weighted by molar-refractivity contribution is -0.384. The third kappa shape index (κ3) is 6.29. The summed E-state index contributed by atoms with van der Waals surface area (Å²) < 4.78 is 30.6. The lowest BCUT2D eigenvalue weighted by atomic mass is 10.2. The molecule has 0 saturated heterocycles. The molecule has 0 aliphatic rings. The van der Waals surface area contributed by atoms with E-state index in [2.05, 4.69) is 5.32 Å². The molecule has 0 bridgehead atoms. The van der Waals surface area contributed by atoms with Crippen LogP contribution in [0.15, 0.2) is 48.5 Å². The lowest BCUT2D eigenvalue weighted by Gasteiger charge is -2.31. The van der Waals surface area contributed by atoms with Crippen LogP contribution in [0.1, 0.15) is 39.0 Å². The fourth-order valence-electron chi connectivity index (χ4n) is 2.73. The highest BCUT2D eigenvalue weighted by atomic mass is 31.2. The molecule has 0 amide bonds. The molecule has 0 radical (unpaired) electrons. The Kier molecular flexibility index (Phi) is 7.79. The van der Waals surface area contributed by atoms with Crippen molar-refractivity contribution in [2.75, 3.05) is 12.4 Å². The van der Waals surface area contributed by atoms with E-state index in [9.17, 15) is 14.7 Å². The number of hydrogen-bond donors (Lipinski definition) is 1. The number of nitro groups is 1. The molecule has 0 aliphatic carbocycles. The van der Waals surface area contributed by atoms with Crippen LogP contribution in [0.5, 0.6) is 5.75 Å². The molecule has 1 N–H and O–H groups in total. The van der Waals surface area contributed by atoms with Gasteiger partial charge in [-0.05, 0) is 51.5 Å². The van der Waals surface area contributed by atoms with Crippen molar-refractivity contribution in [2.45, 2.75) is 45.7 Å². The molecule has 9 heteroatoms. The zero-order valence-corrected chi connectivity index (χ0v) is 18.1. The van der Waals surface area contributed by atoms with E-state index in [0.717, 1.165) is 0 Å². The maximum absolute atomic E-state index is 13.8. The quantitative estimate of drug-likeness (QED) is 0.295. The lowest BCUT2D eigenvalue weighted by Crippen LogP contribution is -2.19. The summed E-state index contributed by atoms with van der Waals surface area (Å²) in [5.41, 5.74) is 0.995. The number of hydrogen-bond acceptors (Lipinski definition) is 7. The number of rotatable bonds is 10. The van der Waals surface area contributed by atoms with Crippen LogP contribution in [-0.2, 0) is 13.6 Å². The Labute approximate surface area is 170 Å². The summed E-state index contributed by atoms with van der Waals surface area (Å²) in [4.78, 5) is 10.6. The van der Waals surface area contributed by atoms with Gasteiger partial charge in [-0.3, -0.25) is 14.7 Å². The Morgan fingerprint density at radius 3 is 2.07 bits per heavy atom. The second-order valence-electron chi connectivity index (χ2n) is 6.98. The zero-order valence-electron chi connectivity index (χ0n) is 17.2. The first-order chi connectivity index (χ1) is 13.6. The number of ether oxygens (including phenoxy) is 1. The average molecular weight is 422 g/mol. The van der Waals surface area contributed by atoms with Crippen LogP contribution in [0.2, 0.25) is 0 Å². The van der Waals surface area contributed by atoms with Gasteiger partial charge in [0.25, 0.3) is 5.69 Å². The van der Waals surface area contributed by atoms with Crippen molar-refractivity contribution in [3.05, 3.63) is 64.2 Å². The summed E-state index contributed by atoms with van der Waals surface area (Å²) in [5, 5.41) is 14.2. The first kappa shape index (κ1) is 22.9. The van der Waals surface area contributed by atoms with Crippen LogP contribution >= 0.6 is 7.60 Å². The fraction of sp³-hybridized carbons (Fsp3) is 0.400. The van der Waals surface area contributed by atoms with E-state index < -0.39 is 18.3 Å². The number of benzene rings is 2. The van der Waals surface area contributed by atoms with E-state index in [0.29, 0.717) is 17.0 Å². The van der Waals surface area contributed by atoms with Gasteiger partial charge in [0.2, 0.25) is 0 Å². The molecule has 0 spiro atoms. The van der Waals surface area contributed by atoms with Gasteiger partial charge < -0.3 is 19.1 Å². The Morgan fingerprint density at radius 2 is 1.59 bits per heavy atom. The molecule has 0 saturated carbocycles. The minimum Gasteiger partial charge on any atom is -0.497 e. The Hall–Kier alpha value is -2.41. The topological polar surface area (TPSA) is 99.9 Å². The van der Waals surface area contributed by atoms with Crippen molar-refractivity contribution >= 4 is 19.0 Å². The van der Waals surface area contributed by atoms with E-state index in [-0.39, 0.29) is 17.9 Å². The number of nitrogens with zero attached hydrogens (tertiary/aromatic N) is 1. The molecule has 0 aromatic heterocycles. The predicted octanol–water partition coefficient (Wildman–Crippen LogP) is 5.76. The van der Waals surface area contributed by atoms with Crippen LogP contribution in [0.25, 0.3) is 0 Å². The normalized spacial score (nSPS) is 12.8. The van der Waals surface area contributed by atoms with Crippen molar-refractivity contribution in [3.63, 3.8) is 0 Å². The summed E-state index contributed by atoms with van der Waals surface area (Å²) in [6.45, 7) is 7.09. The van der Waals surface area contributed by atoms with Crippen molar-refractivity contribution in [2.24, 2.45) is 0 Å². The second kappa shape index (κ2) is 9.87. The Morgan fingerprint density at radius 1 is 1.00 bits per heavy atom. The van der Waals surface area contributed by atoms with Crippen LogP contribution in [0, 0.1) is 10.1 Å². The highest BCUT2D eigenvalue weighted by molar-refractivity contribution is 7.54. The largest absolute Gasteiger partial charge is 0.497 e. The Balaban J connectivity index is 2.52. The maximum atomic E-state index is 13.8. The number of non-ortho nitro benzene ring substituents is 1. The smallest absolute Gasteiger partial charge is 0.357 e. The first-order valence-electron chi connectivity index (χ1n) is 9.26. The van der Waals surface area contributed by atoms with Crippen molar-refractivity contribution in [1.82, 2.24) is 0 Å². The van der Waals surface area contributed by atoms with Gasteiger partial charge in [0.15, 0.2) is 5.78 Å². The van der Waals surface area contributed by atoms with Crippen molar-refractivity contribution in [1.29, 1.82) is 0 Å². The molecule has 2 aromatic rings. The predicted molar refractivity (Wildman–Crippen MR) is 113 cm³/mol. The van der Waals surface area contributed by atoms with Gasteiger partial charge in [-0.2, -0.15) is 0 Å². The minimum atomic E-state index is -3.71. The van der Waals surface area contributed by atoms with E-state index in [1.54, 1.807) is 71.2 Å². The highest BCUT2D eigenvalue weighted by Crippen LogP contribution is 2.62. The molecular weight excluding hydrogens is 395 g/mol. The van der Waals surface area contributed by atoms with Gasteiger partial charge in [-0.1, -0.05) is 18.2 Å².